The second-order valence-corrected chi connectivity index (χ2v) is 10.5. The van der Waals surface area contributed by atoms with Gasteiger partial charge in [0.2, 0.25) is 0 Å². The maximum absolute atomic E-state index is 10.8. The minimum absolute atomic E-state index is 0.0236. The van der Waals surface area contributed by atoms with Gasteiger partial charge >= 0.3 is 0 Å². The van der Waals surface area contributed by atoms with Crippen LogP contribution >= 0.6 is 0 Å². The van der Waals surface area contributed by atoms with Crippen LogP contribution < -0.4 is 0 Å². The first-order chi connectivity index (χ1) is 10.5. The van der Waals surface area contributed by atoms with E-state index in [2.05, 4.69) is 88.3 Å². The Hall–Kier alpha value is -1.31. The van der Waals surface area contributed by atoms with Crippen LogP contribution in [-0.2, 0) is 10.8 Å². The number of hydrogen-bond donors (Lipinski definition) is 1. The lowest BCUT2D eigenvalue weighted by atomic mass is 9.76. The molecular formula is C22H37NO. The highest BCUT2D eigenvalue weighted by atomic mass is 16.3. The lowest BCUT2D eigenvalue weighted by Crippen LogP contribution is -2.34. The second kappa shape index (κ2) is 6.20. The third-order valence-electron chi connectivity index (χ3n) is 5.18. The largest absolute Gasteiger partial charge is 0.507 e. The molecular weight excluding hydrogens is 294 g/mol. The number of aliphatic imine (C=N–C) groups is 1. The molecule has 1 rings (SSSR count). The minimum Gasteiger partial charge on any atom is -0.507 e. The van der Waals surface area contributed by atoms with Crippen molar-refractivity contribution in [3.05, 3.63) is 28.8 Å². The Balaban J connectivity index is 3.54. The van der Waals surface area contributed by atoms with Gasteiger partial charge in [0.05, 0.1) is 5.54 Å². The molecule has 0 heterocycles. The van der Waals surface area contributed by atoms with Crippen molar-refractivity contribution in [2.24, 2.45) is 10.4 Å². The predicted molar refractivity (Wildman–Crippen MR) is 107 cm³/mol. The fourth-order valence-corrected chi connectivity index (χ4v) is 2.18. The Morgan fingerprint density at radius 2 is 1.29 bits per heavy atom. The quantitative estimate of drug-likeness (QED) is 0.640. The lowest BCUT2D eigenvalue weighted by Gasteiger charge is -2.35. The summed E-state index contributed by atoms with van der Waals surface area (Å²) in [5, 5.41) is 10.8. The molecule has 2 heteroatoms. The van der Waals surface area contributed by atoms with E-state index in [-0.39, 0.29) is 21.8 Å². The summed E-state index contributed by atoms with van der Waals surface area (Å²) in [6.45, 7) is 23.8. The zero-order chi connectivity index (χ0) is 19.1. The summed E-state index contributed by atoms with van der Waals surface area (Å²) >= 11 is 0. The van der Waals surface area contributed by atoms with Crippen LogP contribution in [0, 0.1) is 5.41 Å². The van der Waals surface area contributed by atoms with Gasteiger partial charge in [-0.2, -0.15) is 0 Å². The van der Waals surface area contributed by atoms with Gasteiger partial charge in [-0.05, 0) is 41.7 Å². The van der Waals surface area contributed by atoms with Gasteiger partial charge in [-0.25, -0.2) is 0 Å². The van der Waals surface area contributed by atoms with E-state index in [1.165, 1.54) is 5.56 Å². The van der Waals surface area contributed by atoms with E-state index < -0.39 is 0 Å². The smallest absolute Gasteiger partial charge is 0.128 e. The van der Waals surface area contributed by atoms with Crippen molar-refractivity contribution in [2.75, 3.05) is 0 Å². The summed E-state index contributed by atoms with van der Waals surface area (Å²) in [5.41, 5.74) is 2.76. The first-order valence-corrected chi connectivity index (χ1v) is 8.90. The molecule has 1 aromatic rings. The monoisotopic (exact) mass is 331 g/mol. The Morgan fingerprint density at radius 1 is 0.792 bits per heavy atom. The van der Waals surface area contributed by atoms with E-state index >= 15 is 0 Å². The number of rotatable bonds is 2. The molecule has 0 radical (unpaired) electrons. The number of aromatic hydroxyl groups is 1. The molecule has 136 valence electrons. The SMILES string of the molecule is CC(C)(C)c1cc(C=NC(C)(C)C(C)(C)C)c(O)c(C(C)(C)C)c1. The third kappa shape index (κ3) is 4.62. The molecule has 0 aromatic heterocycles. The van der Waals surface area contributed by atoms with Gasteiger partial charge in [0.15, 0.2) is 0 Å². The topological polar surface area (TPSA) is 32.6 Å². The molecule has 0 aliphatic rings. The van der Waals surface area contributed by atoms with Crippen LogP contribution in [0.4, 0.5) is 0 Å². The Bertz CT molecular complexity index is 617. The van der Waals surface area contributed by atoms with Crippen molar-refractivity contribution < 1.29 is 5.11 Å². The molecule has 0 unspecified atom stereocenters. The van der Waals surface area contributed by atoms with Gasteiger partial charge in [0.1, 0.15) is 5.75 Å². The van der Waals surface area contributed by atoms with E-state index in [4.69, 9.17) is 4.99 Å². The zero-order valence-electron chi connectivity index (χ0n) is 17.6. The first-order valence-electron chi connectivity index (χ1n) is 8.90. The zero-order valence-corrected chi connectivity index (χ0v) is 17.6. The molecule has 0 atom stereocenters. The molecule has 0 fully saturated rings. The van der Waals surface area contributed by atoms with E-state index in [9.17, 15) is 5.11 Å². The Morgan fingerprint density at radius 3 is 1.67 bits per heavy atom. The maximum atomic E-state index is 10.8. The van der Waals surface area contributed by atoms with Crippen molar-refractivity contribution in [2.45, 2.75) is 92.5 Å². The van der Waals surface area contributed by atoms with E-state index in [1.807, 2.05) is 6.21 Å². The van der Waals surface area contributed by atoms with Crippen molar-refractivity contribution in [1.29, 1.82) is 0 Å². The van der Waals surface area contributed by atoms with Crippen LogP contribution in [-0.4, -0.2) is 16.9 Å². The molecule has 0 saturated heterocycles. The number of phenolic OH excluding ortho intramolecular Hbond substituents is 1. The number of benzene rings is 1. The first kappa shape index (κ1) is 20.7. The van der Waals surface area contributed by atoms with E-state index in [0.717, 1.165) is 11.1 Å². The molecule has 2 nitrogen and oxygen atoms in total. The normalized spacial score (nSPS) is 14.5. The van der Waals surface area contributed by atoms with E-state index in [0.29, 0.717) is 5.75 Å². The summed E-state index contributed by atoms with van der Waals surface area (Å²) in [6.07, 6.45) is 1.85. The van der Waals surface area contributed by atoms with Crippen molar-refractivity contribution in [3.63, 3.8) is 0 Å². The molecule has 1 aromatic carbocycles. The Labute approximate surface area is 149 Å². The number of hydrogen-bond acceptors (Lipinski definition) is 2. The number of phenols is 1. The van der Waals surface area contributed by atoms with Gasteiger partial charge in [-0.1, -0.05) is 68.4 Å². The van der Waals surface area contributed by atoms with Gasteiger partial charge in [-0.3, -0.25) is 4.99 Å². The van der Waals surface area contributed by atoms with Crippen LogP contribution in [0.15, 0.2) is 17.1 Å². The second-order valence-electron chi connectivity index (χ2n) is 10.5. The summed E-state index contributed by atoms with van der Waals surface area (Å²) < 4.78 is 0. The number of nitrogens with zero attached hydrogens (tertiary/aromatic N) is 1. The summed E-state index contributed by atoms with van der Waals surface area (Å²) in [5.74, 6) is 0.351. The average molecular weight is 332 g/mol. The molecule has 0 aliphatic heterocycles. The fourth-order valence-electron chi connectivity index (χ4n) is 2.18. The van der Waals surface area contributed by atoms with E-state index in [1.54, 1.807) is 0 Å². The van der Waals surface area contributed by atoms with Gasteiger partial charge in [0.25, 0.3) is 0 Å². The van der Waals surface area contributed by atoms with Crippen LogP contribution in [0.25, 0.3) is 0 Å². The predicted octanol–water partition coefficient (Wildman–Crippen LogP) is 6.23. The summed E-state index contributed by atoms with van der Waals surface area (Å²) in [6, 6.07) is 4.22. The van der Waals surface area contributed by atoms with Crippen LogP contribution in [0.3, 0.4) is 0 Å². The van der Waals surface area contributed by atoms with Crippen molar-refractivity contribution >= 4 is 6.21 Å². The van der Waals surface area contributed by atoms with Crippen LogP contribution in [0.5, 0.6) is 5.75 Å². The summed E-state index contributed by atoms with van der Waals surface area (Å²) in [4.78, 5) is 4.82. The van der Waals surface area contributed by atoms with Gasteiger partial charge in [0, 0.05) is 17.3 Å². The highest BCUT2D eigenvalue weighted by Crippen LogP contribution is 2.38. The molecule has 0 spiro atoms. The maximum Gasteiger partial charge on any atom is 0.128 e. The van der Waals surface area contributed by atoms with Crippen LogP contribution in [0.2, 0.25) is 0 Å². The Kier molecular flexibility index (Phi) is 5.36. The van der Waals surface area contributed by atoms with Crippen molar-refractivity contribution in [3.8, 4) is 5.75 Å². The standard InChI is InChI=1S/C22H37NO/c1-19(2,3)16-12-15(14-23-22(10,11)21(7,8)9)18(24)17(13-16)20(4,5)6/h12-14,24H,1-11H3. The molecule has 0 amide bonds. The molecule has 0 bridgehead atoms. The molecule has 0 saturated carbocycles. The summed E-state index contributed by atoms with van der Waals surface area (Å²) in [7, 11) is 0. The average Bonchev–Trinajstić information content (AvgIpc) is 2.33. The highest BCUT2D eigenvalue weighted by Gasteiger charge is 2.32. The van der Waals surface area contributed by atoms with Gasteiger partial charge < -0.3 is 5.11 Å². The van der Waals surface area contributed by atoms with Crippen LogP contribution in [0.1, 0.15) is 92.9 Å². The molecule has 24 heavy (non-hydrogen) atoms. The van der Waals surface area contributed by atoms with Gasteiger partial charge in [-0.15, -0.1) is 0 Å². The molecule has 0 aliphatic carbocycles. The minimum atomic E-state index is -0.209. The third-order valence-corrected chi connectivity index (χ3v) is 5.18. The fraction of sp³-hybridized carbons (Fsp3) is 0.682. The molecule has 1 N–H and O–H groups in total. The lowest BCUT2D eigenvalue weighted by molar-refractivity contribution is 0.234. The highest BCUT2D eigenvalue weighted by molar-refractivity contribution is 5.85. The van der Waals surface area contributed by atoms with Crippen molar-refractivity contribution in [1.82, 2.24) is 0 Å².